The molecule has 9 nitrogen and oxygen atoms in total. The molecule has 0 aliphatic carbocycles. The third-order valence-corrected chi connectivity index (χ3v) is 7.03. The van der Waals surface area contributed by atoms with Crippen LogP contribution in [0.5, 0.6) is 0 Å². The molecule has 1 amide bonds. The van der Waals surface area contributed by atoms with E-state index in [0.29, 0.717) is 12.2 Å². The lowest BCUT2D eigenvalue weighted by Crippen LogP contribution is -2.27. The summed E-state index contributed by atoms with van der Waals surface area (Å²) < 4.78 is 0. The van der Waals surface area contributed by atoms with Crippen LogP contribution in [0, 0.1) is 6.92 Å². The SMILES string of the molecule is Cc1ccc(-c2cncc3[nH]c(-c4n[nH]c5ccc(-c6cncc(NC(=O)CN(C)C)c6)nc45)cc23)s1. The van der Waals surface area contributed by atoms with E-state index >= 15 is 0 Å². The van der Waals surface area contributed by atoms with Crippen molar-refractivity contribution in [3.63, 3.8) is 0 Å². The number of thiophene rings is 1. The van der Waals surface area contributed by atoms with E-state index in [1.54, 1.807) is 23.7 Å². The van der Waals surface area contributed by atoms with Gasteiger partial charge in [-0.05, 0) is 57.4 Å². The molecular formula is C27H24N8OS. The van der Waals surface area contributed by atoms with Crippen LogP contribution in [0.2, 0.25) is 0 Å². The van der Waals surface area contributed by atoms with E-state index in [0.717, 1.165) is 50.1 Å². The molecule has 0 atom stereocenters. The summed E-state index contributed by atoms with van der Waals surface area (Å²) in [4.78, 5) is 33.6. The van der Waals surface area contributed by atoms with E-state index in [1.807, 2.05) is 49.6 Å². The molecule has 0 bridgehead atoms. The number of fused-ring (bicyclic) bond motifs is 2. The van der Waals surface area contributed by atoms with Crippen LogP contribution in [0.4, 0.5) is 5.69 Å². The van der Waals surface area contributed by atoms with Crippen molar-refractivity contribution >= 4 is 44.9 Å². The normalized spacial score (nSPS) is 11.6. The highest BCUT2D eigenvalue weighted by Gasteiger charge is 2.16. The minimum Gasteiger partial charge on any atom is -0.352 e. The zero-order valence-electron chi connectivity index (χ0n) is 20.5. The summed E-state index contributed by atoms with van der Waals surface area (Å²) >= 11 is 1.75. The Kier molecular flexibility index (Phi) is 5.74. The maximum atomic E-state index is 12.2. The standard InChI is InChI=1S/C27H24N8OS/c1-15-4-7-24(37-15)19-12-29-13-23-18(19)9-22(31-23)27-26-21(33-34-27)6-5-20(32-26)16-8-17(11-28-10-16)30-25(36)14-35(2)3/h4-13,31H,14H2,1-3H3,(H,30,36)(H,33,34). The summed E-state index contributed by atoms with van der Waals surface area (Å²) in [7, 11) is 3.70. The van der Waals surface area contributed by atoms with Crippen molar-refractivity contribution in [2.75, 3.05) is 26.0 Å². The van der Waals surface area contributed by atoms with E-state index in [1.165, 1.54) is 9.75 Å². The molecular weight excluding hydrogens is 484 g/mol. The van der Waals surface area contributed by atoms with Gasteiger partial charge in [0.25, 0.3) is 0 Å². The number of aryl methyl sites for hydroxylation is 1. The van der Waals surface area contributed by atoms with Gasteiger partial charge in [-0.3, -0.25) is 19.9 Å². The Labute approximate surface area is 216 Å². The summed E-state index contributed by atoms with van der Waals surface area (Å²) in [6.07, 6.45) is 7.10. The Balaban J connectivity index is 1.38. The van der Waals surface area contributed by atoms with Crippen LogP contribution in [-0.4, -0.2) is 61.6 Å². The number of hydrogen-bond acceptors (Lipinski definition) is 7. The Morgan fingerprint density at radius 2 is 1.89 bits per heavy atom. The number of H-pyrrole nitrogens is 2. The minimum absolute atomic E-state index is 0.102. The molecule has 0 aliphatic rings. The largest absolute Gasteiger partial charge is 0.352 e. The van der Waals surface area contributed by atoms with Gasteiger partial charge >= 0.3 is 0 Å². The molecule has 0 aliphatic heterocycles. The predicted octanol–water partition coefficient (Wildman–Crippen LogP) is 5.10. The summed E-state index contributed by atoms with van der Waals surface area (Å²) in [6.45, 7) is 2.40. The van der Waals surface area contributed by atoms with Crippen molar-refractivity contribution in [3.05, 3.63) is 66.1 Å². The van der Waals surface area contributed by atoms with Crippen molar-refractivity contribution in [3.8, 4) is 33.1 Å². The van der Waals surface area contributed by atoms with Crippen molar-refractivity contribution in [1.82, 2.24) is 35.0 Å². The summed E-state index contributed by atoms with van der Waals surface area (Å²) in [5.74, 6) is -0.102. The molecule has 10 heteroatoms. The second kappa shape index (κ2) is 9.23. The number of anilines is 1. The molecule has 0 saturated heterocycles. The van der Waals surface area contributed by atoms with Crippen molar-refractivity contribution in [2.24, 2.45) is 0 Å². The maximum absolute atomic E-state index is 12.2. The van der Waals surface area contributed by atoms with Crippen LogP contribution >= 0.6 is 11.3 Å². The molecule has 6 aromatic heterocycles. The number of carbonyl (C=O) groups excluding carboxylic acids is 1. The number of nitrogens with one attached hydrogen (secondary N) is 3. The molecule has 37 heavy (non-hydrogen) atoms. The fraction of sp³-hybridized carbons (Fsp3) is 0.148. The van der Waals surface area contributed by atoms with Gasteiger partial charge in [-0.15, -0.1) is 11.3 Å². The van der Waals surface area contributed by atoms with Crippen LogP contribution in [0.3, 0.4) is 0 Å². The van der Waals surface area contributed by atoms with E-state index in [2.05, 4.69) is 55.6 Å². The summed E-state index contributed by atoms with van der Waals surface area (Å²) in [6, 6.07) is 12.1. The average Bonchev–Trinajstić information content (AvgIpc) is 3.60. The van der Waals surface area contributed by atoms with Gasteiger partial charge in [-0.2, -0.15) is 5.10 Å². The first-order valence-electron chi connectivity index (χ1n) is 11.7. The third-order valence-electron chi connectivity index (χ3n) is 5.99. The van der Waals surface area contributed by atoms with Gasteiger partial charge < -0.3 is 15.2 Å². The first-order chi connectivity index (χ1) is 17.9. The molecule has 184 valence electrons. The first-order valence-corrected chi connectivity index (χ1v) is 12.6. The summed E-state index contributed by atoms with van der Waals surface area (Å²) in [5.41, 5.74) is 7.34. The highest BCUT2D eigenvalue weighted by atomic mass is 32.1. The van der Waals surface area contributed by atoms with E-state index in [-0.39, 0.29) is 5.91 Å². The number of rotatable bonds is 6. The maximum Gasteiger partial charge on any atom is 0.238 e. The monoisotopic (exact) mass is 508 g/mol. The molecule has 3 N–H and O–H groups in total. The van der Waals surface area contributed by atoms with Gasteiger partial charge in [-0.25, -0.2) is 4.98 Å². The van der Waals surface area contributed by atoms with Crippen LogP contribution in [0.1, 0.15) is 4.88 Å². The molecule has 0 saturated carbocycles. The Bertz CT molecular complexity index is 1760. The number of hydrogen-bond donors (Lipinski definition) is 3. The van der Waals surface area contributed by atoms with Crippen molar-refractivity contribution in [1.29, 1.82) is 0 Å². The highest BCUT2D eigenvalue weighted by Crippen LogP contribution is 2.36. The van der Waals surface area contributed by atoms with Crippen molar-refractivity contribution < 1.29 is 4.79 Å². The Hall–Kier alpha value is -4.41. The summed E-state index contributed by atoms with van der Waals surface area (Å²) in [5, 5.41) is 11.6. The quantitative estimate of drug-likeness (QED) is 0.288. The second-order valence-corrected chi connectivity index (χ2v) is 10.4. The lowest BCUT2D eigenvalue weighted by atomic mass is 10.1. The number of aromatic amines is 2. The molecule has 6 aromatic rings. The average molecular weight is 509 g/mol. The number of nitrogens with zero attached hydrogens (tertiary/aromatic N) is 5. The van der Waals surface area contributed by atoms with Gasteiger partial charge in [0.2, 0.25) is 5.91 Å². The minimum atomic E-state index is -0.102. The molecule has 0 fully saturated rings. The molecule has 6 heterocycles. The van der Waals surface area contributed by atoms with Gasteiger partial charge in [-0.1, -0.05) is 0 Å². The Morgan fingerprint density at radius 3 is 2.70 bits per heavy atom. The number of amides is 1. The molecule has 6 rings (SSSR count). The van der Waals surface area contributed by atoms with Crippen LogP contribution < -0.4 is 5.32 Å². The molecule has 0 radical (unpaired) electrons. The number of pyridine rings is 3. The van der Waals surface area contributed by atoms with E-state index < -0.39 is 0 Å². The first kappa shape index (κ1) is 23.0. The predicted molar refractivity (Wildman–Crippen MR) is 147 cm³/mol. The second-order valence-electron chi connectivity index (χ2n) is 9.15. The van der Waals surface area contributed by atoms with E-state index in [4.69, 9.17) is 4.98 Å². The van der Waals surface area contributed by atoms with Gasteiger partial charge in [0.05, 0.1) is 47.0 Å². The third kappa shape index (κ3) is 4.48. The fourth-order valence-corrected chi connectivity index (χ4v) is 5.23. The highest BCUT2D eigenvalue weighted by molar-refractivity contribution is 7.15. The topological polar surface area (TPSA) is 115 Å². The van der Waals surface area contributed by atoms with Crippen LogP contribution in [0.15, 0.2) is 61.2 Å². The van der Waals surface area contributed by atoms with Crippen molar-refractivity contribution in [2.45, 2.75) is 6.92 Å². The number of likely N-dealkylation sites (N-methyl/N-ethyl adjacent to an activating group) is 1. The zero-order valence-corrected chi connectivity index (χ0v) is 21.3. The lowest BCUT2D eigenvalue weighted by Gasteiger charge is -2.10. The molecule has 0 spiro atoms. The lowest BCUT2D eigenvalue weighted by molar-refractivity contribution is -0.116. The molecule has 0 aromatic carbocycles. The van der Waals surface area contributed by atoms with E-state index in [9.17, 15) is 4.79 Å². The Morgan fingerprint density at radius 1 is 1.03 bits per heavy atom. The smallest absolute Gasteiger partial charge is 0.238 e. The zero-order chi connectivity index (χ0) is 25.5. The van der Waals surface area contributed by atoms with Gasteiger partial charge in [0, 0.05) is 38.7 Å². The van der Waals surface area contributed by atoms with Crippen LogP contribution in [-0.2, 0) is 4.79 Å². The molecule has 0 unspecified atom stereocenters. The van der Waals surface area contributed by atoms with Crippen LogP contribution in [0.25, 0.3) is 55.0 Å². The fourth-order valence-electron chi connectivity index (χ4n) is 4.34. The van der Waals surface area contributed by atoms with Gasteiger partial charge in [0.15, 0.2) is 0 Å². The van der Waals surface area contributed by atoms with Gasteiger partial charge in [0.1, 0.15) is 11.2 Å². The number of carbonyl (C=O) groups is 1. The number of aromatic nitrogens is 6.